The summed E-state index contributed by atoms with van der Waals surface area (Å²) in [6, 6.07) is 0. The minimum absolute atomic E-state index is 0.144. The van der Waals surface area contributed by atoms with Crippen LogP contribution >= 0.6 is 11.6 Å². The van der Waals surface area contributed by atoms with E-state index in [1.807, 2.05) is 4.90 Å². The third-order valence-electron chi connectivity index (χ3n) is 3.95. The molecule has 2 fully saturated rings. The lowest BCUT2D eigenvalue weighted by Gasteiger charge is -2.41. The fraction of sp³-hybridized carbons (Fsp3) is 0.917. The Morgan fingerprint density at radius 3 is 2.50 bits per heavy atom. The first kappa shape index (κ1) is 12.2. The van der Waals surface area contributed by atoms with Crippen LogP contribution in [0.1, 0.15) is 38.5 Å². The number of ether oxygens (including phenoxy) is 1. The maximum atomic E-state index is 12.1. The van der Waals surface area contributed by atoms with E-state index in [1.165, 1.54) is 6.42 Å². The van der Waals surface area contributed by atoms with Crippen LogP contribution in [-0.4, -0.2) is 42.0 Å². The molecule has 0 unspecified atom stereocenters. The van der Waals surface area contributed by atoms with Crippen LogP contribution < -0.4 is 0 Å². The van der Waals surface area contributed by atoms with Gasteiger partial charge in [-0.2, -0.15) is 0 Å². The molecular weight excluding hydrogens is 226 g/mol. The smallest absolute Gasteiger partial charge is 0.225 e. The summed E-state index contributed by atoms with van der Waals surface area (Å²) in [5.74, 6) is 0.241. The fourth-order valence-corrected chi connectivity index (χ4v) is 2.70. The standard InChI is InChI=1S/C12H20ClNO2/c1-16-12(5-2-6-12)9-11(15)14-7-3-10(13)4-8-14/h10H,2-9H2,1H3. The Bertz CT molecular complexity index is 252. The number of amides is 1. The summed E-state index contributed by atoms with van der Waals surface area (Å²) in [4.78, 5) is 14.0. The second-order valence-corrected chi connectivity index (χ2v) is 5.59. The highest BCUT2D eigenvalue weighted by molar-refractivity contribution is 6.20. The summed E-state index contributed by atoms with van der Waals surface area (Å²) in [6.07, 6.45) is 5.64. The molecule has 2 aliphatic rings. The normalized spacial score (nSPS) is 25.2. The van der Waals surface area contributed by atoms with Crippen molar-refractivity contribution < 1.29 is 9.53 Å². The molecule has 1 aliphatic heterocycles. The second kappa shape index (κ2) is 4.92. The zero-order valence-corrected chi connectivity index (χ0v) is 10.6. The highest BCUT2D eigenvalue weighted by Crippen LogP contribution is 2.38. The molecule has 4 heteroatoms. The number of hydrogen-bond donors (Lipinski definition) is 0. The molecule has 0 aromatic heterocycles. The van der Waals surface area contributed by atoms with Gasteiger partial charge < -0.3 is 9.64 Å². The van der Waals surface area contributed by atoms with Crippen LogP contribution in [0.15, 0.2) is 0 Å². The van der Waals surface area contributed by atoms with Gasteiger partial charge in [0.15, 0.2) is 0 Å². The molecule has 1 heterocycles. The molecule has 2 rings (SSSR count). The number of likely N-dealkylation sites (tertiary alicyclic amines) is 1. The van der Waals surface area contributed by atoms with Crippen molar-refractivity contribution in [1.82, 2.24) is 4.90 Å². The average Bonchev–Trinajstić information content (AvgIpc) is 2.24. The highest BCUT2D eigenvalue weighted by Gasteiger charge is 2.40. The van der Waals surface area contributed by atoms with Crippen LogP contribution in [0, 0.1) is 0 Å². The van der Waals surface area contributed by atoms with Gasteiger partial charge in [-0.3, -0.25) is 4.79 Å². The first-order valence-corrected chi connectivity index (χ1v) is 6.56. The summed E-state index contributed by atoms with van der Waals surface area (Å²) in [5.41, 5.74) is -0.144. The quantitative estimate of drug-likeness (QED) is 0.714. The molecule has 0 spiro atoms. The molecular formula is C12H20ClNO2. The van der Waals surface area contributed by atoms with Gasteiger partial charge in [-0.15, -0.1) is 11.6 Å². The minimum Gasteiger partial charge on any atom is -0.378 e. The van der Waals surface area contributed by atoms with Gasteiger partial charge in [0.25, 0.3) is 0 Å². The van der Waals surface area contributed by atoms with Crippen molar-refractivity contribution in [3.63, 3.8) is 0 Å². The van der Waals surface area contributed by atoms with E-state index in [0.29, 0.717) is 6.42 Å². The molecule has 0 aromatic carbocycles. The summed E-state index contributed by atoms with van der Waals surface area (Å²) in [6.45, 7) is 1.62. The molecule has 16 heavy (non-hydrogen) atoms. The van der Waals surface area contributed by atoms with E-state index in [2.05, 4.69) is 0 Å². The van der Waals surface area contributed by atoms with E-state index < -0.39 is 0 Å². The van der Waals surface area contributed by atoms with Crippen molar-refractivity contribution in [3.05, 3.63) is 0 Å². The first-order chi connectivity index (χ1) is 7.65. The molecule has 0 N–H and O–H groups in total. The SMILES string of the molecule is COC1(CC(=O)N2CCC(Cl)CC2)CCC1. The van der Waals surface area contributed by atoms with Crippen molar-refractivity contribution in [3.8, 4) is 0 Å². The average molecular weight is 246 g/mol. The Labute approximate surface area is 102 Å². The number of halogens is 1. The number of alkyl halides is 1. The number of hydrogen-bond acceptors (Lipinski definition) is 2. The maximum absolute atomic E-state index is 12.1. The zero-order chi connectivity index (χ0) is 11.6. The van der Waals surface area contributed by atoms with Crippen molar-refractivity contribution in [2.75, 3.05) is 20.2 Å². The second-order valence-electron chi connectivity index (χ2n) is 4.97. The molecule has 0 radical (unpaired) electrons. The van der Waals surface area contributed by atoms with E-state index >= 15 is 0 Å². The topological polar surface area (TPSA) is 29.5 Å². The van der Waals surface area contributed by atoms with E-state index in [9.17, 15) is 4.79 Å². The molecule has 3 nitrogen and oxygen atoms in total. The fourth-order valence-electron chi connectivity index (χ4n) is 2.51. The Morgan fingerprint density at radius 1 is 1.44 bits per heavy atom. The number of nitrogens with zero attached hydrogens (tertiary/aromatic N) is 1. The van der Waals surface area contributed by atoms with Gasteiger partial charge in [0.05, 0.1) is 12.0 Å². The Hall–Kier alpha value is -0.280. The molecule has 0 atom stereocenters. The molecule has 0 bridgehead atoms. The van der Waals surface area contributed by atoms with E-state index in [1.54, 1.807) is 7.11 Å². The number of methoxy groups -OCH3 is 1. The molecule has 0 aromatic rings. The van der Waals surface area contributed by atoms with Crippen LogP contribution in [-0.2, 0) is 9.53 Å². The van der Waals surface area contributed by atoms with Crippen LogP contribution in [0.4, 0.5) is 0 Å². The molecule has 1 aliphatic carbocycles. The van der Waals surface area contributed by atoms with Gasteiger partial charge >= 0.3 is 0 Å². The van der Waals surface area contributed by atoms with E-state index in [0.717, 1.165) is 38.8 Å². The van der Waals surface area contributed by atoms with Crippen molar-refractivity contribution in [2.45, 2.75) is 49.5 Å². The summed E-state index contributed by atoms with van der Waals surface area (Å²) >= 11 is 6.02. The predicted octanol–water partition coefficient (Wildman–Crippen LogP) is 2.18. The lowest BCUT2D eigenvalue weighted by molar-refractivity contribution is -0.144. The Morgan fingerprint density at radius 2 is 2.06 bits per heavy atom. The summed E-state index contributed by atoms with van der Waals surface area (Å²) < 4.78 is 5.48. The molecule has 92 valence electrons. The molecule has 1 saturated carbocycles. The van der Waals surface area contributed by atoms with Crippen LogP contribution in [0.5, 0.6) is 0 Å². The monoisotopic (exact) mass is 245 g/mol. The van der Waals surface area contributed by atoms with Gasteiger partial charge in [-0.05, 0) is 32.1 Å². The van der Waals surface area contributed by atoms with Crippen LogP contribution in [0.2, 0.25) is 0 Å². The number of rotatable bonds is 3. The van der Waals surface area contributed by atoms with E-state index in [-0.39, 0.29) is 16.9 Å². The lowest BCUT2D eigenvalue weighted by atomic mass is 9.77. The van der Waals surface area contributed by atoms with Crippen LogP contribution in [0.3, 0.4) is 0 Å². The summed E-state index contributed by atoms with van der Waals surface area (Å²) in [7, 11) is 1.72. The van der Waals surface area contributed by atoms with Gasteiger partial charge in [0.2, 0.25) is 5.91 Å². The van der Waals surface area contributed by atoms with Crippen molar-refractivity contribution >= 4 is 17.5 Å². The lowest BCUT2D eigenvalue weighted by Crippen LogP contribution is -2.47. The highest BCUT2D eigenvalue weighted by atomic mass is 35.5. The Kier molecular flexibility index (Phi) is 3.75. The zero-order valence-electron chi connectivity index (χ0n) is 9.88. The number of piperidine rings is 1. The third kappa shape index (κ3) is 2.51. The predicted molar refractivity (Wildman–Crippen MR) is 63.7 cm³/mol. The minimum atomic E-state index is -0.144. The van der Waals surface area contributed by atoms with Gasteiger partial charge in [0, 0.05) is 25.6 Å². The third-order valence-corrected chi connectivity index (χ3v) is 4.38. The van der Waals surface area contributed by atoms with Crippen molar-refractivity contribution in [1.29, 1.82) is 0 Å². The van der Waals surface area contributed by atoms with E-state index in [4.69, 9.17) is 16.3 Å². The maximum Gasteiger partial charge on any atom is 0.225 e. The largest absolute Gasteiger partial charge is 0.378 e. The van der Waals surface area contributed by atoms with Gasteiger partial charge in [-0.1, -0.05) is 0 Å². The summed E-state index contributed by atoms with van der Waals surface area (Å²) in [5, 5.41) is 0.254. The molecule has 1 saturated heterocycles. The van der Waals surface area contributed by atoms with Crippen LogP contribution in [0.25, 0.3) is 0 Å². The van der Waals surface area contributed by atoms with Crippen molar-refractivity contribution in [2.24, 2.45) is 0 Å². The van der Waals surface area contributed by atoms with Gasteiger partial charge in [-0.25, -0.2) is 0 Å². The first-order valence-electron chi connectivity index (χ1n) is 6.12. The Balaban J connectivity index is 1.83. The molecule has 1 amide bonds. The number of carbonyl (C=O) groups excluding carboxylic acids is 1. The number of carbonyl (C=O) groups is 1. The van der Waals surface area contributed by atoms with Gasteiger partial charge in [0.1, 0.15) is 0 Å².